The number of nitrogens with zero attached hydrogens (tertiary/aromatic N) is 3. The van der Waals surface area contributed by atoms with Crippen LogP contribution in [0.25, 0.3) is 11.0 Å². The number of piperidine rings is 1. The predicted octanol–water partition coefficient (Wildman–Crippen LogP) is 1.00. The maximum Gasteiger partial charge on any atom is 0.142 e. The van der Waals surface area contributed by atoms with E-state index < -0.39 is 0 Å². The molecule has 4 heterocycles. The van der Waals surface area contributed by atoms with E-state index in [1.54, 1.807) is 6.33 Å². The molecule has 2 atom stereocenters. The minimum atomic E-state index is 0.780. The summed E-state index contributed by atoms with van der Waals surface area (Å²) in [5.74, 6) is 2.74. The zero-order valence-electron chi connectivity index (χ0n) is 10.3. The smallest absolute Gasteiger partial charge is 0.142 e. The first-order valence-corrected chi connectivity index (χ1v) is 6.65. The number of H-pyrrole nitrogens is 1. The van der Waals surface area contributed by atoms with Gasteiger partial charge in [0, 0.05) is 19.3 Å². The third-order valence-electron chi connectivity index (χ3n) is 4.34. The molecule has 0 spiro atoms. The zero-order chi connectivity index (χ0) is 11.9. The lowest BCUT2D eigenvalue weighted by Gasteiger charge is -2.35. The summed E-state index contributed by atoms with van der Waals surface area (Å²) in [6.07, 6.45) is 4.87. The third-order valence-corrected chi connectivity index (χ3v) is 4.34. The molecule has 18 heavy (non-hydrogen) atoms. The molecule has 2 fully saturated rings. The van der Waals surface area contributed by atoms with Crippen molar-refractivity contribution in [2.75, 3.05) is 31.1 Å². The van der Waals surface area contributed by atoms with Crippen molar-refractivity contribution in [2.24, 2.45) is 11.8 Å². The molecular formula is C13H17N5. The van der Waals surface area contributed by atoms with E-state index in [0.29, 0.717) is 0 Å². The second-order valence-electron chi connectivity index (χ2n) is 5.35. The van der Waals surface area contributed by atoms with Gasteiger partial charge in [-0.05, 0) is 37.4 Å². The molecule has 0 aromatic carbocycles. The molecule has 2 aromatic rings. The van der Waals surface area contributed by atoms with E-state index >= 15 is 0 Å². The summed E-state index contributed by atoms with van der Waals surface area (Å²) in [6.45, 7) is 4.58. The Morgan fingerprint density at radius 2 is 2.17 bits per heavy atom. The van der Waals surface area contributed by atoms with Crippen LogP contribution in [0.4, 0.5) is 5.82 Å². The largest absolute Gasteiger partial charge is 0.356 e. The van der Waals surface area contributed by atoms with E-state index in [2.05, 4.69) is 31.2 Å². The molecule has 0 amide bonds. The highest BCUT2D eigenvalue weighted by Crippen LogP contribution is 2.31. The normalized spacial score (nSPS) is 27.7. The molecule has 5 nitrogen and oxygen atoms in total. The van der Waals surface area contributed by atoms with Gasteiger partial charge in [0.1, 0.15) is 17.8 Å². The Hall–Kier alpha value is -1.62. The van der Waals surface area contributed by atoms with Gasteiger partial charge < -0.3 is 15.2 Å². The number of aromatic nitrogens is 3. The van der Waals surface area contributed by atoms with Crippen molar-refractivity contribution in [1.82, 2.24) is 20.3 Å². The monoisotopic (exact) mass is 243 g/mol. The first-order chi connectivity index (χ1) is 8.92. The fourth-order valence-corrected chi connectivity index (χ4v) is 3.34. The van der Waals surface area contributed by atoms with Crippen molar-refractivity contribution in [3.05, 3.63) is 18.6 Å². The van der Waals surface area contributed by atoms with Gasteiger partial charge in [0.2, 0.25) is 0 Å². The maximum absolute atomic E-state index is 4.49. The molecule has 0 bridgehead atoms. The summed E-state index contributed by atoms with van der Waals surface area (Å²) in [5, 5.41) is 4.64. The number of hydrogen-bond acceptors (Lipinski definition) is 4. The number of anilines is 1. The minimum absolute atomic E-state index is 0.780. The molecule has 2 saturated heterocycles. The van der Waals surface area contributed by atoms with Crippen molar-refractivity contribution in [3.8, 4) is 0 Å². The molecule has 1 unspecified atom stereocenters. The Morgan fingerprint density at radius 1 is 1.22 bits per heavy atom. The van der Waals surface area contributed by atoms with Gasteiger partial charge in [-0.1, -0.05) is 0 Å². The number of rotatable bonds is 1. The van der Waals surface area contributed by atoms with Gasteiger partial charge in [0.15, 0.2) is 0 Å². The van der Waals surface area contributed by atoms with Crippen LogP contribution in [0, 0.1) is 11.8 Å². The van der Waals surface area contributed by atoms with E-state index in [1.807, 2.05) is 6.20 Å². The summed E-state index contributed by atoms with van der Waals surface area (Å²) in [4.78, 5) is 14.3. The predicted molar refractivity (Wildman–Crippen MR) is 70.6 cm³/mol. The van der Waals surface area contributed by atoms with E-state index in [1.165, 1.54) is 13.0 Å². The highest BCUT2D eigenvalue weighted by Gasteiger charge is 2.33. The van der Waals surface area contributed by atoms with Crippen LogP contribution in [0.15, 0.2) is 18.6 Å². The van der Waals surface area contributed by atoms with Crippen LogP contribution in [-0.4, -0.2) is 41.1 Å². The van der Waals surface area contributed by atoms with Crippen LogP contribution in [0.5, 0.6) is 0 Å². The first kappa shape index (κ1) is 10.3. The maximum atomic E-state index is 4.49. The first-order valence-electron chi connectivity index (χ1n) is 6.65. The van der Waals surface area contributed by atoms with Crippen LogP contribution in [0.1, 0.15) is 6.42 Å². The number of aromatic amines is 1. The SMILES string of the molecule is c1nc(N2CCC3CNC[C@@H]3C2)c2cc[nH]c2n1. The van der Waals surface area contributed by atoms with E-state index in [0.717, 1.165) is 48.3 Å². The minimum Gasteiger partial charge on any atom is -0.356 e. The van der Waals surface area contributed by atoms with Crippen LogP contribution in [0.2, 0.25) is 0 Å². The van der Waals surface area contributed by atoms with Gasteiger partial charge in [0.05, 0.1) is 5.39 Å². The Labute approximate surface area is 106 Å². The quantitative estimate of drug-likeness (QED) is 0.784. The summed E-state index contributed by atoms with van der Waals surface area (Å²) >= 11 is 0. The fraction of sp³-hybridized carbons (Fsp3) is 0.538. The Balaban J connectivity index is 1.68. The number of nitrogens with one attached hydrogen (secondary N) is 2. The fourth-order valence-electron chi connectivity index (χ4n) is 3.34. The van der Waals surface area contributed by atoms with Crippen LogP contribution in [0.3, 0.4) is 0 Å². The zero-order valence-corrected chi connectivity index (χ0v) is 10.3. The molecule has 2 aromatic heterocycles. The number of hydrogen-bond donors (Lipinski definition) is 2. The molecule has 4 rings (SSSR count). The molecule has 2 N–H and O–H groups in total. The molecule has 2 aliphatic rings. The molecule has 0 saturated carbocycles. The van der Waals surface area contributed by atoms with Crippen molar-refractivity contribution in [1.29, 1.82) is 0 Å². The lowest BCUT2D eigenvalue weighted by atomic mass is 9.88. The molecule has 5 heteroatoms. The van der Waals surface area contributed by atoms with Gasteiger partial charge in [0.25, 0.3) is 0 Å². The molecule has 0 aliphatic carbocycles. The summed E-state index contributed by atoms with van der Waals surface area (Å²) in [6, 6.07) is 2.07. The topological polar surface area (TPSA) is 56.8 Å². The average molecular weight is 243 g/mol. The van der Waals surface area contributed by atoms with Gasteiger partial charge in [-0.15, -0.1) is 0 Å². The lowest BCUT2D eigenvalue weighted by molar-refractivity contribution is 0.348. The number of fused-ring (bicyclic) bond motifs is 2. The Kier molecular flexibility index (Phi) is 2.26. The van der Waals surface area contributed by atoms with Crippen molar-refractivity contribution >= 4 is 16.9 Å². The summed E-state index contributed by atoms with van der Waals surface area (Å²) in [7, 11) is 0. The summed E-state index contributed by atoms with van der Waals surface area (Å²) in [5.41, 5.74) is 0.937. The Morgan fingerprint density at radius 3 is 3.17 bits per heavy atom. The molecule has 94 valence electrons. The van der Waals surface area contributed by atoms with E-state index in [9.17, 15) is 0 Å². The average Bonchev–Trinajstić information content (AvgIpc) is 3.05. The standard InChI is InChI=1S/C13H17N5/c1-3-15-12-11(1)13(17-8-16-12)18-4-2-9-5-14-6-10(9)7-18/h1,3,8-10,14H,2,4-7H2,(H,15,16,17)/t9?,10-/m1/s1. The second kappa shape index (κ2) is 3.95. The van der Waals surface area contributed by atoms with E-state index in [-0.39, 0.29) is 0 Å². The van der Waals surface area contributed by atoms with Crippen LogP contribution < -0.4 is 10.2 Å². The van der Waals surface area contributed by atoms with Gasteiger partial charge in [-0.3, -0.25) is 0 Å². The molecule has 2 aliphatic heterocycles. The van der Waals surface area contributed by atoms with Gasteiger partial charge in [-0.2, -0.15) is 0 Å². The van der Waals surface area contributed by atoms with Crippen molar-refractivity contribution in [2.45, 2.75) is 6.42 Å². The van der Waals surface area contributed by atoms with Crippen molar-refractivity contribution < 1.29 is 0 Å². The second-order valence-corrected chi connectivity index (χ2v) is 5.35. The van der Waals surface area contributed by atoms with E-state index in [4.69, 9.17) is 0 Å². The van der Waals surface area contributed by atoms with Crippen molar-refractivity contribution in [3.63, 3.8) is 0 Å². The van der Waals surface area contributed by atoms with Crippen LogP contribution in [-0.2, 0) is 0 Å². The van der Waals surface area contributed by atoms with Crippen LogP contribution >= 0.6 is 0 Å². The lowest BCUT2D eigenvalue weighted by Crippen LogP contribution is -2.40. The Bertz CT molecular complexity index is 563. The molecule has 0 radical (unpaired) electrons. The highest BCUT2D eigenvalue weighted by molar-refractivity contribution is 5.87. The van der Waals surface area contributed by atoms with Gasteiger partial charge >= 0.3 is 0 Å². The highest BCUT2D eigenvalue weighted by atomic mass is 15.2. The third kappa shape index (κ3) is 1.50. The summed E-state index contributed by atoms with van der Waals surface area (Å²) < 4.78 is 0. The molecular weight excluding hydrogens is 226 g/mol. The van der Waals surface area contributed by atoms with Gasteiger partial charge in [-0.25, -0.2) is 9.97 Å².